The normalized spacial score (nSPS) is 20.4. The van der Waals surface area contributed by atoms with Crippen LogP contribution in [0.5, 0.6) is 0 Å². The lowest BCUT2D eigenvalue weighted by atomic mass is 10.1. The van der Waals surface area contributed by atoms with E-state index in [4.69, 9.17) is 4.98 Å². The summed E-state index contributed by atoms with van der Waals surface area (Å²) in [6.45, 7) is 3.42. The van der Waals surface area contributed by atoms with E-state index in [-0.39, 0.29) is 0 Å². The lowest BCUT2D eigenvalue weighted by Gasteiger charge is -2.04. The van der Waals surface area contributed by atoms with Crippen LogP contribution >= 0.6 is 11.3 Å². The highest BCUT2D eigenvalue weighted by Crippen LogP contribution is 2.26. The fourth-order valence-corrected chi connectivity index (χ4v) is 3.19. The van der Waals surface area contributed by atoms with Crippen LogP contribution in [0.1, 0.15) is 62.2 Å². The largest absolute Gasteiger partial charge is 0.308 e. The first kappa shape index (κ1) is 12.1. The van der Waals surface area contributed by atoms with Gasteiger partial charge in [-0.15, -0.1) is 11.3 Å². The predicted octanol–water partition coefficient (Wildman–Crippen LogP) is 3.69. The molecule has 0 amide bonds. The molecule has 1 aliphatic rings. The summed E-state index contributed by atoms with van der Waals surface area (Å²) in [5.41, 5.74) is 1.31. The summed E-state index contributed by atoms with van der Waals surface area (Å²) in [6, 6.07) is 0.550. The van der Waals surface area contributed by atoms with Crippen LogP contribution in [0.4, 0.5) is 0 Å². The van der Waals surface area contributed by atoms with Crippen molar-refractivity contribution in [3.05, 3.63) is 16.1 Å². The van der Waals surface area contributed by atoms with Crippen molar-refractivity contribution >= 4 is 11.3 Å². The second-order valence-electron chi connectivity index (χ2n) is 4.64. The zero-order valence-corrected chi connectivity index (χ0v) is 11.0. The number of unbranched alkanes of at least 4 members (excludes halogenated alkanes) is 3. The first-order valence-corrected chi connectivity index (χ1v) is 7.46. The van der Waals surface area contributed by atoms with E-state index in [2.05, 4.69) is 17.6 Å². The first-order chi connectivity index (χ1) is 7.90. The highest BCUT2D eigenvalue weighted by atomic mass is 32.1. The summed E-state index contributed by atoms with van der Waals surface area (Å²) in [5.74, 6) is 0. The van der Waals surface area contributed by atoms with Crippen molar-refractivity contribution in [3.8, 4) is 0 Å². The van der Waals surface area contributed by atoms with E-state index in [0.717, 1.165) is 6.54 Å². The average Bonchev–Trinajstić information content (AvgIpc) is 2.94. The van der Waals surface area contributed by atoms with E-state index >= 15 is 0 Å². The third-order valence-corrected chi connectivity index (χ3v) is 4.22. The molecule has 0 radical (unpaired) electrons. The molecule has 1 unspecified atom stereocenters. The Kier molecular flexibility index (Phi) is 4.79. The summed E-state index contributed by atoms with van der Waals surface area (Å²) in [5, 5.41) is 7.07. The fourth-order valence-electron chi connectivity index (χ4n) is 2.23. The third kappa shape index (κ3) is 3.29. The number of nitrogens with zero attached hydrogens (tertiary/aromatic N) is 1. The van der Waals surface area contributed by atoms with Crippen molar-refractivity contribution in [3.63, 3.8) is 0 Å². The number of hydrogen-bond acceptors (Lipinski definition) is 3. The molecule has 2 rings (SSSR count). The maximum atomic E-state index is 4.75. The molecule has 16 heavy (non-hydrogen) atoms. The first-order valence-electron chi connectivity index (χ1n) is 6.58. The summed E-state index contributed by atoms with van der Waals surface area (Å²) >= 11 is 1.84. The zero-order chi connectivity index (χ0) is 11.2. The van der Waals surface area contributed by atoms with Crippen molar-refractivity contribution < 1.29 is 0 Å². The minimum atomic E-state index is 0.550. The van der Waals surface area contributed by atoms with Crippen LogP contribution in [-0.2, 0) is 6.42 Å². The van der Waals surface area contributed by atoms with Crippen molar-refractivity contribution in [2.24, 2.45) is 0 Å². The number of hydrogen-bond donors (Lipinski definition) is 1. The van der Waals surface area contributed by atoms with Crippen molar-refractivity contribution in [1.29, 1.82) is 0 Å². The molecule has 1 aromatic rings. The fraction of sp³-hybridized carbons (Fsp3) is 0.769. The molecule has 1 aliphatic heterocycles. The number of aryl methyl sites for hydroxylation is 1. The van der Waals surface area contributed by atoms with E-state index in [9.17, 15) is 0 Å². The smallest absolute Gasteiger partial charge is 0.110 e. The number of rotatable bonds is 6. The summed E-state index contributed by atoms with van der Waals surface area (Å²) < 4.78 is 0. The number of aromatic nitrogens is 1. The van der Waals surface area contributed by atoms with E-state index in [0.29, 0.717) is 6.04 Å². The van der Waals surface area contributed by atoms with Crippen LogP contribution in [0, 0.1) is 0 Å². The molecule has 1 atom stereocenters. The van der Waals surface area contributed by atoms with Gasteiger partial charge in [0.1, 0.15) is 5.01 Å². The average molecular weight is 238 g/mol. The second kappa shape index (κ2) is 6.36. The molecule has 1 N–H and O–H groups in total. The van der Waals surface area contributed by atoms with Gasteiger partial charge < -0.3 is 5.32 Å². The standard InChI is InChI=1S/C13H22N2S/c1-2-3-4-5-7-11-10-16-13(15-11)12-8-6-9-14-12/h10,12,14H,2-9H2,1H3. The Hall–Kier alpha value is -0.410. The minimum Gasteiger partial charge on any atom is -0.308 e. The quantitative estimate of drug-likeness (QED) is 0.765. The lowest BCUT2D eigenvalue weighted by molar-refractivity contribution is 0.632. The van der Waals surface area contributed by atoms with Crippen LogP contribution in [0.15, 0.2) is 5.38 Å². The Morgan fingerprint density at radius 2 is 2.38 bits per heavy atom. The van der Waals surface area contributed by atoms with Gasteiger partial charge in [0.15, 0.2) is 0 Å². The molecular formula is C13H22N2S. The van der Waals surface area contributed by atoms with Crippen LogP contribution in [0.2, 0.25) is 0 Å². The van der Waals surface area contributed by atoms with Crippen molar-refractivity contribution in [2.75, 3.05) is 6.54 Å². The maximum Gasteiger partial charge on any atom is 0.110 e. The van der Waals surface area contributed by atoms with Gasteiger partial charge in [-0.2, -0.15) is 0 Å². The Morgan fingerprint density at radius 1 is 1.44 bits per heavy atom. The van der Waals surface area contributed by atoms with Gasteiger partial charge in [0, 0.05) is 5.38 Å². The van der Waals surface area contributed by atoms with Gasteiger partial charge in [-0.25, -0.2) is 4.98 Å². The summed E-state index contributed by atoms with van der Waals surface area (Å²) in [4.78, 5) is 4.75. The molecule has 0 aromatic carbocycles. The molecule has 0 aliphatic carbocycles. The highest BCUT2D eigenvalue weighted by molar-refractivity contribution is 7.09. The van der Waals surface area contributed by atoms with E-state index < -0.39 is 0 Å². The second-order valence-corrected chi connectivity index (χ2v) is 5.53. The lowest BCUT2D eigenvalue weighted by Crippen LogP contribution is -2.12. The molecule has 0 saturated carbocycles. The molecule has 0 spiro atoms. The zero-order valence-electron chi connectivity index (χ0n) is 10.2. The van der Waals surface area contributed by atoms with Gasteiger partial charge >= 0.3 is 0 Å². The predicted molar refractivity (Wildman–Crippen MR) is 69.9 cm³/mol. The summed E-state index contributed by atoms with van der Waals surface area (Å²) in [6.07, 6.45) is 9.07. The topological polar surface area (TPSA) is 24.9 Å². The van der Waals surface area contributed by atoms with E-state index in [1.54, 1.807) is 0 Å². The Balaban J connectivity index is 1.77. The molecule has 3 heteroatoms. The summed E-state index contributed by atoms with van der Waals surface area (Å²) in [7, 11) is 0. The monoisotopic (exact) mass is 238 g/mol. The van der Waals surface area contributed by atoms with Gasteiger partial charge in [0.05, 0.1) is 11.7 Å². The van der Waals surface area contributed by atoms with Crippen LogP contribution in [0.25, 0.3) is 0 Å². The van der Waals surface area contributed by atoms with Gasteiger partial charge in [-0.05, 0) is 32.2 Å². The highest BCUT2D eigenvalue weighted by Gasteiger charge is 2.18. The molecule has 1 aromatic heterocycles. The van der Waals surface area contributed by atoms with Crippen LogP contribution in [0.3, 0.4) is 0 Å². The van der Waals surface area contributed by atoms with Crippen LogP contribution < -0.4 is 5.32 Å². The van der Waals surface area contributed by atoms with Crippen molar-refractivity contribution in [1.82, 2.24) is 10.3 Å². The molecule has 0 bridgehead atoms. The minimum absolute atomic E-state index is 0.550. The van der Waals surface area contributed by atoms with Gasteiger partial charge in [-0.1, -0.05) is 26.2 Å². The Labute approximate surface area is 102 Å². The molecular weight excluding hydrogens is 216 g/mol. The van der Waals surface area contributed by atoms with Gasteiger partial charge in [0.2, 0.25) is 0 Å². The molecule has 90 valence electrons. The van der Waals surface area contributed by atoms with Gasteiger partial charge in [0.25, 0.3) is 0 Å². The van der Waals surface area contributed by atoms with Gasteiger partial charge in [-0.3, -0.25) is 0 Å². The number of nitrogens with one attached hydrogen (secondary N) is 1. The van der Waals surface area contributed by atoms with E-state index in [1.165, 1.54) is 55.6 Å². The van der Waals surface area contributed by atoms with Crippen molar-refractivity contribution in [2.45, 2.75) is 57.9 Å². The molecule has 1 saturated heterocycles. The Bertz CT molecular complexity index is 303. The SMILES string of the molecule is CCCCCCc1csc(C2CCCN2)n1. The molecule has 2 nitrogen and oxygen atoms in total. The van der Waals surface area contributed by atoms with E-state index in [1.807, 2.05) is 11.3 Å². The third-order valence-electron chi connectivity index (χ3n) is 3.21. The van der Waals surface area contributed by atoms with Crippen LogP contribution in [-0.4, -0.2) is 11.5 Å². The molecule has 2 heterocycles. The number of thiazole rings is 1. The maximum absolute atomic E-state index is 4.75. The Morgan fingerprint density at radius 3 is 3.12 bits per heavy atom. The molecule has 1 fully saturated rings.